The van der Waals surface area contributed by atoms with E-state index in [2.05, 4.69) is 34.6 Å². The van der Waals surface area contributed by atoms with Gasteiger partial charge in [0.25, 0.3) is 5.91 Å². The minimum atomic E-state index is 0.207. The highest BCUT2D eigenvalue weighted by Gasteiger charge is 2.21. The molecule has 1 atom stereocenters. The van der Waals surface area contributed by atoms with Crippen molar-refractivity contribution in [1.82, 2.24) is 4.90 Å². The zero-order chi connectivity index (χ0) is 13.7. The first-order valence-electron chi connectivity index (χ1n) is 6.89. The summed E-state index contributed by atoms with van der Waals surface area (Å²) in [5, 5.41) is 0. The molecule has 0 aliphatic carbocycles. The van der Waals surface area contributed by atoms with Gasteiger partial charge in [-0.2, -0.15) is 0 Å². The van der Waals surface area contributed by atoms with Gasteiger partial charge in [-0.25, -0.2) is 0 Å². The third-order valence-corrected chi connectivity index (χ3v) is 4.65. The van der Waals surface area contributed by atoms with E-state index in [9.17, 15) is 4.79 Å². The molecule has 1 rings (SSSR count). The lowest BCUT2D eigenvalue weighted by Gasteiger charge is -2.28. The number of unbranched alkanes of at least 4 members (excludes halogenated alkanes) is 1. The summed E-state index contributed by atoms with van der Waals surface area (Å²) < 4.78 is 0. The van der Waals surface area contributed by atoms with Crippen molar-refractivity contribution >= 4 is 17.2 Å². The Kier molecular flexibility index (Phi) is 5.86. The zero-order valence-electron chi connectivity index (χ0n) is 12.2. The molecule has 1 aromatic rings. The maximum absolute atomic E-state index is 12.6. The van der Waals surface area contributed by atoms with Gasteiger partial charge in [0.05, 0.1) is 4.88 Å². The Hall–Kier alpha value is -0.830. The lowest BCUT2D eigenvalue weighted by Crippen LogP contribution is -2.38. The summed E-state index contributed by atoms with van der Waals surface area (Å²) >= 11 is 1.62. The molecule has 0 spiro atoms. The predicted molar refractivity (Wildman–Crippen MR) is 79.5 cm³/mol. The number of amides is 1. The van der Waals surface area contributed by atoms with Crippen molar-refractivity contribution in [3.63, 3.8) is 0 Å². The van der Waals surface area contributed by atoms with Crippen LogP contribution in [0.1, 0.15) is 60.1 Å². The minimum Gasteiger partial charge on any atom is -0.335 e. The Morgan fingerprint density at radius 3 is 2.50 bits per heavy atom. The number of thiophene rings is 1. The summed E-state index contributed by atoms with van der Waals surface area (Å²) in [7, 11) is 0. The van der Waals surface area contributed by atoms with E-state index in [-0.39, 0.29) is 5.91 Å². The van der Waals surface area contributed by atoms with Crippen LogP contribution in [0, 0.1) is 13.8 Å². The van der Waals surface area contributed by atoms with Crippen LogP contribution in [0.4, 0.5) is 0 Å². The Morgan fingerprint density at radius 2 is 2.06 bits per heavy atom. The third-order valence-electron chi connectivity index (χ3n) is 3.51. The lowest BCUT2D eigenvalue weighted by atomic mass is 10.2. The standard InChI is InChI=1S/C15H25NOS/c1-6-8-9-16(12(4)7-2)15(17)14-10-11(3)13(5)18-14/h10,12H,6-9H2,1-5H3. The van der Waals surface area contributed by atoms with E-state index in [0.717, 1.165) is 30.7 Å². The number of rotatable bonds is 6. The average Bonchev–Trinajstić information content (AvgIpc) is 2.69. The highest BCUT2D eigenvalue weighted by atomic mass is 32.1. The van der Waals surface area contributed by atoms with Crippen molar-refractivity contribution in [1.29, 1.82) is 0 Å². The zero-order valence-corrected chi connectivity index (χ0v) is 13.1. The first-order valence-corrected chi connectivity index (χ1v) is 7.70. The van der Waals surface area contributed by atoms with Crippen molar-refractivity contribution in [3.8, 4) is 0 Å². The van der Waals surface area contributed by atoms with E-state index >= 15 is 0 Å². The molecule has 1 heterocycles. The molecule has 0 saturated heterocycles. The van der Waals surface area contributed by atoms with Gasteiger partial charge in [0.1, 0.15) is 0 Å². The van der Waals surface area contributed by atoms with Crippen LogP contribution in [0.15, 0.2) is 6.07 Å². The van der Waals surface area contributed by atoms with Gasteiger partial charge in [-0.3, -0.25) is 4.79 Å². The van der Waals surface area contributed by atoms with Crippen LogP contribution in [0.25, 0.3) is 0 Å². The number of hydrogen-bond acceptors (Lipinski definition) is 2. The van der Waals surface area contributed by atoms with Gasteiger partial charge in [0.15, 0.2) is 0 Å². The van der Waals surface area contributed by atoms with E-state index in [1.54, 1.807) is 11.3 Å². The molecular weight excluding hydrogens is 242 g/mol. The van der Waals surface area contributed by atoms with E-state index < -0.39 is 0 Å². The Morgan fingerprint density at radius 1 is 1.39 bits per heavy atom. The number of hydrogen-bond donors (Lipinski definition) is 0. The van der Waals surface area contributed by atoms with Crippen LogP contribution in [-0.2, 0) is 0 Å². The van der Waals surface area contributed by atoms with Crippen molar-refractivity contribution in [2.24, 2.45) is 0 Å². The molecule has 0 N–H and O–H groups in total. The molecule has 102 valence electrons. The smallest absolute Gasteiger partial charge is 0.264 e. The van der Waals surface area contributed by atoms with Crippen LogP contribution in [-0.4, -0.2) is 23.4 Å². The molecule has 0 bridgehead atoms. The molecule has 1 aromatic heterocycles. The third kappa shape index (κ3) is 3.58. The normalized spacial score (nSPS) is 12.5. The van der Waals surface area contributed by atoms with E-state index in [1.807, 2.05) is 11.0 Å². The van der Waals surface area contributed by atoms with Crippen molar-refractivity contribution in [3.05, 3.63) is 21.4 Å². The minimum absolute atomic E-state index is 0.207. The SMILES string of the molecule is CCCCN(C(=O)c1cc(C)c(C)s1)C(C)CC. The summed E-state index contributed by atoms with van der Waals surface area (Å²) in [5.41, 5.74) is 1.22. The molecule has 0 aromatic carbocycles. The quantitative estimate of drug-likeness (QED) is 0.748. The molecule has 1 amide bonds. The fraction of sp³-hybridized carbons (Fsp3) is 0.667. The van der Waals surface area contributed by atoms with E-state index in [4.69, 9.17) is 0 Å². The van der Waals surface area contributed by atoms with Gasteiger partial charge in [0, 0.05) is 17.5 Å². The molecule has 18 heavy (non-hydrogen) atoms. The highest BCUT2D eigenvalue weighted by molar-refractivity contribution is 7.14. The number of aryl methyl sites for hydroxylation is 2. The average molecular weight is 267 g/mol. The van der Waals surface area contributed by atoms with Crippen molar-refractivity contribution in [2.45, 2.75) is 59.9 Å². The van der Waals surface area contributed by atoms with Crippen molar-refractivity contribution in [2.75, 3.05) is 6.54 Å². The van der Waals surface area contributed by atoms with Crippen LogP contribution in [0.5, 0.6) is 0 Å². The number of carbonyl (C=O) groups excluding carboxylic acids is 1. The number of nitrogens with zero attached hydrogens (tertiary/aromatic N) is 1. The highest BCUT2D eigenvalue weighted by Crippen LogP contribution is 2.23. The molecule has 0 aliphatic heterocycles. The van der Waals surface area contributed by atoms with Crippen molar-refractivity contribution < 1.29 is 4.79 Å². The molecule has 3 heteroatoms. The van der Waals surface area contributed by atoms with E-state index in [0.29, 0.717) is 6.04 Å². The number of carbonyl (C=O) groups is 1. The summed E-state index contributed by atoms with van der Waals surface area (Å²) in [4.78, 5) is 16.7. The Labute approximate surface area is 115 Å². The molecule has 0 fully saturated rings. The Balaban J connectivity index is 2.87. The monoisotopic (exact) mass is 267 g/mol. The van der Waals surface area contributed by atoms with Crippen LogP contribution in [0.2, 0.25) is 0 Å². The maximum atomic E-state index is 12.6. The summed E-state index contributed by atoms with van der Waals surface area (Å²) in [6.07, 6.45) is 3.22. The molecular formula is C15H25NOS. The van der Waals surface area contributed by atoms with Gasteiger partial charge < -0.3 is 4.90 Å². The second kappa shape index (κ2) is 6.93. The van der Waals surface area contributed by atoms with Crippen LogP contribution < -0.4 is 0 Å². The van der Waals surface area contributed by atoms with Gasteiger partial charge in [-0.05, 0) is 45.2 Å². The first kappa shape index (κ1) is 15.2. The second-order valence-corrected chi connectivity index (χ2v) is 6.22. The Bertz CT molecular complexity index is 378. The molecule has 0 aliphatic rings. The van der Waals surface area contributed by atoms with Gasteiger partial charge in [0.2, 0.25) is 0 Å². The predicted octanol–water partition coefficient (Wildman–Crippen LogP) is 4.41. The maximum Gasteiger partial charge on any atom is 0.264 e. The van der Waals surface area contributed by atoms with Crippen LogP contribution in [0.3, 0.4) is 0 Å². The summed E-state index contributed by atoms with van der Waals surface area (Å²) in [5.74, 6) is 0.207. The molecule has 2 nitrogen and oxygen atoms in total. The molecule has 0 saturated carbocycles. The topological polar surface area (TPSA) is 20.3 Å². The van der Waals surface area contributed by atoms with Gasteiger partial charge in [-0.15, -0.1) is 11.3 Å². The molecule has 0 radical (unpaired) electrons. The fourth-order valence-corrected chi connectivity index (χ4v) is 2.88. The molecule has 1 unspecified atom stereocenters. The first-order chi connectivity index (χ1) is 8.51. The summed E-state index contributed by atoms with van der Waals surface area (Å²) in [6.45, 7) is 11.5. The lowest BCUT2D eigenvalue weighted by molar-refractivity contribution is 0.0690. The van der Waals surface area contributed by atoms with Crippen LogP contribution >= 0.6 is 11.3 Å². The van der Waals surface area contributed by atoms with Gasteiger partial charge >= 0.3 is 0 Å². The van der Waals surface area contributed by atoms with E-state index in [1.165, 1.54) is 10.4 Å². The summed E-state index contributed by atoms with van der Waals surface area (Å²) in [6, 6.07) is 2.36. The second-order valence-electron chi connectivity index (χ2n) is 4.96. The fourth-order valence-electron chi connectivity index (χ4n) is 1.89. The van der Waals surface area contributed by atoms with Gasteiger partial charge in [-0.1, -0.05) is 20.3 Å². The largest absolute Gasteiger partial charge is 0.335 e.